The number of carbonyl (C=O) groups excluding carboxylic acids is 1. The molecule has 0 aliphatic carbocycles. The Morgan fingerprint density at radius 3 is 2.03 bits per heavy atom. The highest BCUT2D eigenvalue weighted by molar-refractivity contribution is 6.37. The van der Waals surface area contributed by atoms with Crippen LogP contribution in [0.25, 0.3) is 0 Å². The second-order valence-electron chi connectivity index (χ2n) is 9.22. The molecule has 0 aromatic heterocycles. The number of rotatable bonds is 8. The Bertz CT molecular complexity index is 924. The van der Waals surface area contributed by atoms with Crippen LogP contribution in [0.4, 0.5) is 5.69 Å². The van der Waals surface area contributed by atoms with Crippen LogP contribution in [0.2, 0.25) is 10.0 Å². The quantitative estimate of drug-likeness (QED) is 0.393. The SMILES string of the molecule is CCC(C)(C)C(Oc1ccccc1)(C(=O)Nc1cc(Cl)c(C)c(Cl)c1O)C(C)(C)CC. The molecule has 6 heteroatoms. The van der Waals surface area contributed by atoms with Gasteiger partial charge in [0, 0.05) is 15.9 Å². The Morgan fingerprint density at radius 2 is 1.55 bits per heavy atom. The summed E-state index contributed by atoms with van der Waals surface area (Å²) >= 11 is 12.5. The number of phenolic OH excluding ortho intramolecular Hbond substituents is 1. The van der Waals surface area contributed by atoms with Crippen LogP contribution >= 0.6 is 23.2 Å². The van der Waals surface area contributed by atoms with Gasteiger partial charge in [0.1, 0.15) is 5.75 Å². The summed E-state index contributed by atoms with van der Waals surface area (Å²) in [6, 6.07) is 10.9. The van der Waals surface area contributed by atoms with E-state index in [-0.39, 0.29) is 22.4 Å². The van der Waals surface area contributed by atoms with Gasteiger partial charge in [0.15, 0.2) is 11.4 Å². The molecule has 4 nitrogen and oxygen atoms in total. The minimum absolute atomic E-state index is 0.113. The van der Waals surface area contributed by atoms with Gasteiger partial charge >= 0.3 is 0 Å². The summed E-state index contributed by atoms with van der Waals surface area (Å²) in [5.41, 5.74) is -1.67. The number of hydrogen-bond acceptors (Lipinski definition) is 3. The van der Waals surface area contributed by atoms with Crippen LogP contribution in [0.15, 0.2) is 36.4 Å². The van der Waals surface area contributed by atoms with E-state index in [9.17, 15) is 9.90 Å². The molecule has 1 amide bonds. The molecule has 0 radical (unpaired) electrons. The van der Waals surface area contributed by atoms with Crippen molar-refractivity contribution in [1.29, 1.82) is 0 Å². The van der Waals surface area contributed by atoms with Crippen LogP contribution in [0.3, 0.4) is 0 Å². The lowest BCUT2D eigenvalue weighted by atomic mass is 9.58. The second kappa shape index (κ2) is 9.30. The fraction of sp³-hybridized carbons (Fsp3) is 0.480. The number of phenols is 1. The summed E-state index contributed by atoms with van der Waals surface area (Å²) in [5, 5.41) is 13.9. The molecule has 0 atom stereocenters. The number of hydrogen-bond donors (Lipinski definition) is 2. The van der Waals surface area contributed by atoms with Crippen molar-refractivity contribution >= 4 is 34.8 Å². The Balaban J connectivity index is 2.70. The largest absolute Gasteiger partial charge is 0.504 e. The van der Waals surface area contributed by atoms with E-state index < -0.39 is 16.4 Å². The highest BCUT2D eigenvalue weighted by Gasteiger charge is 2.61. The molecule has 0 saturated heterocycles. The molecule has 2 aromatic carbocycles. The molecule has 0 spiro atoms. The van der Waals surface area contributed by atoms with Crippen molar-refractivity contribution in [3.8, 4) is 11.5 Å². The van der Waals surface area contributed by atoms with E-state index in [2.05, 4.69) is 5.32 Å². The van der Waals surface area contributed by atoms with Crippen LogP contribution < -0.4 is 10.1 Å². The van der Waals surface area contributed by atoms with E-state index in [1.165, 1.54) is 6.07 Å². The van der Waals surface area contributed by atoms with Gasteiger partial charge in [-0.25, -0.2) is 0 Å². The van der Waals surface area contributed by atoms with E-state index in [1.54, 1.807) is 6.92 Å². The summed E-state index contributed by atoms with van der Waals surface area (Å²) in [6.07, 6.45) is 1.39. The Kier molecular flexibility index (Phi) is 7.60. The summed E-state index contributed by atoms with van der Waals surface area (Å²) in [5.74, 6) is 0.0281. The van der Waals surface area contributed by atoms with E-state index in [0.717, 1.165) is 0 Å². The topological polar surface area (TPSA) is 58.6 Å². The Morgan fingerprint density at radius 1 is 1.03 bits per heavy atom. The maximum absolute atomic E-state index is 14.1. The van der Waals surface area contributed by atoms with Crippen LogP contribution in [-0.2, 0) is 4.79 Å². The lowest BCUT2D eigenvalue weighted by Crippen LogP contribution is -2.66. The van der Waals surface area contributed by atoms with Gasteiger partial charge in [-0.3, -0.25) is 4.79 Å². The molecular formula is C25H33Cl2NO3. The smallest absolute Gasteiger partial charge is 0.269 e. The molecule has 0 aliphatic heterocycles. The first-order valence-electron chi connectivity index (χ1n) is 10.6. The van der Waals surface area contributed by atoms with Crippen molar-refractivity contribution < 1.29 is 14.6 Å². The van der Waals surface area contributed by atoms with Crippen molar-refractivity contribution in [3.05, 3.63) is 52.0 Å². The molecule has 0 bridgehead atoms. The minimum Gasteiger partial charge on any atom is -0.504 e. The third-order valence-corrected chi connectivity index (χ3v) is 7.53. The molecule has 31 heavy (non-hydrogen) atoms. The number of aromatic hydroxyl groups is 1. The van der Waals surface area contributed by atoms with Gasteiger partial charge in [-0.2, -0.15) is 0 Å². The van der Waals surface area contributed by atoms with Crippen LogP contribution in [-0.4, -0.2) is 16.6 Å². The zero-order valence-corrected chi connectivity index (χ0v) is 20.9. The fourth-order valence-electron chi connectivity index (χ4n) is 4.03. The summed E-state index contributed by atoms with van der Waals surface area (Å²) in [6.45, 7) is 13.9. The van der Waals surface area contributed by atoms with Gasteiger partial charge in [0.05, 0.1) is 10.7 Å². The third kappa shape index (κ3) is 4.51. The predicted octanol–water partition coefficient (Wildman–Crippen LogP) is 7.64. The first kappa shape index (κ1) is 25.4. The standard InChI is InChI=1S/C25H33Cl2NO3/c1-8-23(4,5)25(24(6,7)9-2,31-17-13-11-10-12-14-17)22(30)28-19-15-18(26)16(3)20(27)21(19)29/h10-15,29H,8-9H2,1-7H3,(H,28,30). The first-order chi connectivity index (χ1) is 14.3. The molecule has 0 unspecified atom stereocenters. The van der Waals surface area contributed by atoms with Crippen molar-refractivity contribution in [3.63, 3.8) is 0 Å². The van der Waals surface area contributed by atoms with Gasteiger partial charge in [0.25, 0.3) is 5.91 Å². The number of amides is 1. The number of anilines is 1. The van der Waals surface area contributed by atoms with E-state index in [0.29, 0.717) is 29.2 Å². The van der Waals surface area contributed by atoms with Crippen LogP contribution in [0, 0.1) is 17.8 Å². The third-order valence-electron chi connectivity index (χ3n) is 6.68. The lowest BCUT2D eigenvalue weighted by Gasteiger charge is -2.53. The summed E-state index contributed by atoms with van der Waals surface area (Å²) < 4.78 is 6.61. The second-order valence-corrected chi connectivity index (χ2v) is 10.0. The number of carbonyl (C=O) groups is 1. The first-order valence-corrected chi connectivity index (χ1v) is 11.3. The maximum Gasteiger partial charge on any atom is 0.269 e. The van der Waals surface area contributed by atoms with E-state index in [4.69, 9.17) is 27.9 Å². The monoisotopic (exact) mass is 465 g/mol. The number of halogens is 2. The van der Waals surface area contributed by atoms with Crippen molar-refractivity contribution in [1.82, 2.24) is 0 Å². The normalized spacial score (nSPS) is 12.5. The molecule has 0 heterocycles. The van der Waals surface area contributed by atoms with Crippen molar-refractivity contribution in [2.24, 2.45) is 10.8 Å². The molecule has 0 aliphatic rings. The molecule has 170 valence electrons. The number of benzene rings is 2. The molecule has 2 aromatic rings. The highest BCUT2D eigenvalue weighted by Crippen LogP contribution is 2.52. The zero-order valence-electron chi connectivity index (χ0n) is 19.4. The van der Waals surface area contributed by atoms with Crippen LogP contribution in [0.5, 0.6) is 11.5 Å². The van der Waals surface area contributed by atoms with Crippen molar-refractivity contribution in [2.75, 3.05) is 5.32 Å². The molecular weight excluding hydrogens is 433 g/mol. The summed E-state index contributed by atoms with van der Waals surface area (Å²) in [7, 11) is 0. The zero-order chi connectivity index (χ0) is 23.6. The van der Waals surface area contributed by atoms with E-state index >= 15 is 0 Å². The van der Waals surface area contributed by atoms with Gasteiger partial charge in [0.2, 0.25) is 0 Å². The predicted molar refractivity (Wildman–Crippen MR) is 129 cm³/mol. The molecule has 2 rings (SSSR count). The van der Waals surface area contributed by atoms with Gasteiger partial charge in [-0.05, 0) is 43.5 Å². The fourth-order valence-corrected chi connectivity index (χ4v) is 4.48. The average Bonchev–Trinajstić information content (AvgIpc) is 2.74. The number of ether oxygens (including phenoxy) is 1. The Hall–Kier alpha value is -1.91. The average molecular weight is 466 g/mol. The highest BCUT2D eigenvalue weighted by atomic mass is 35.5. The van der Waals surface area contributed by atoms with Gasteiger partial charge < -0.3 is 15.2 Å². The minimum atomic E-state index is -1.26. The molecule has 2 N–H and O–H groups in total. The lowest BCUT2D eigenvalue weighted by molar-refractivity contribution is -0.165. The number of nitrogens with one attached hydrogen (secondary N) is 1. The summed E-state index contributed by atoms with van der Waals surface area (Å²) in [4.78, 5) is 14.1. The Labute approximate surface area is 195 Å². The molecule has 0 saturated carbocycles. The van der Waals surface area contributed by atoms with Crippen molar-refractivity contribution in [2.45, 2.75) is 66.9 Å². The maximum atomic E-state index is 14.1. The van der Waals surface area contributed by atoms with E-state index in [1.807, 2.05) is 71.9 Å². The van der Waals surface area contributed by atoms with Gasteiger partial charge in [-0.15, -0.1) is 0 Å². The molecule has 0 fully saturated rings. The van der Waals surface area contributed by atoms with Crippen LogP contribution in [0.1, 0.15) is 59.9 Å². The number of para-hydroxylation sites is 1. The van der Waals surface area contributed by atoms with Gasteiger partial charge in [-0.1, -0.05) is 82.9 Å².